The largest absolute Gasteiger partial charge is 0.444 e. The second kappa shape index (κ2) is 6.38. The van der Waals surface area contributed by atoms with Crippen molar-refractivity contribution in [1.29, 1.82) is 0 Å². The number of hydrogen-bond acceptors (Lipinski definition) is 3. The van der Waals surface area contributed by atoms with Crippen LogP contribution in [-0.4, -0.2) is 35.1 Å². The number of carbonyl (C=O) groups excluding carboxylic acids is 2. The van der Waals surface area contributed by atoms with E-state index in [1.807, 2.05) is 58.0 Å². The first-order valence-corrected chi connectivity index (χ1v) is 7.58. The van der Waals surface area contributed by atoms with Gasteiger partial charge in [0, 0.05) is 13.1 Å². The van der Waals surface area contributed by atoms with Crippen molar-refractivity contribution in [2.24, 2.45) is 5.92 Å². The average Bonchev–Trinajstić information content (AvgIpc) is 2.66. The molecule has 0 unspecified atom stereocenters. The van der Waals surface area contributed by atoms with Crippen LogP contribution in [0.4, 0.5) is 4.79 Å². The zero-order chi connectivity index (χ0) is 16.3. The van der Waals surface area contributed by atoms with E-state index in [4.69, 9.17) is 4.74 Å². The standard InChI is InChI=1S/C17H24N2O3/c1-12-14(18-16(21)22-17(2,3)4)11-19(15(12)20)10-13-8-6-5-7-9-13/h5-9,12,14H,10-11H2,1-4H3,(H,18,21)/t12-,14-/m1/s1. The van der Waals surface area contributed by atoms with Crippen molar-refractivity contribution in [3.8, 4) is 0 Å². The van der Waals surface area contributed by atoms with E-state index < -0.39 is 11.7 Å². The zero-order valence-electron chi connectivity index (χ0n) is 13.6. The summed E-state index contributed by atoms with van der Waals surface area (Å²) in [5.41, 5.74) is 0.542. The van der Waals surface area contributed by atoms with Gasteiger partial charge in [0.25, 0.3) is 0 Å². The van der Waals surface area contributed by atoms with Crippen LogP contribution >= 0.6 is 0 Å². The Hall–Kier alpha value is -2.04. The summed E-state index contributed by atoms with van der Waals surface area (Å²) in [4.78, 5) is 26.0. The highest BCUT2D eigenvalue weighted by molar-refractivity contribution is 5.83. The third-order valence-electron chi connectivity index (χ3n) is 3.64. The summed E-state index contributed by atoms with van der Waals surface area (Å²) < 4.78 is 5.26. The van der Waals surface area contributed by atoms with E-state index >= 15 is 0 Å². The fourth-order valence-corrected chi connectivity index (χ4v) is 2.52. The number of hydrogen-bond donors (Lipinski definition) is 1. The number of nitrogens with one attached hydrogen (secondary N) is 1. The first-order chi connectivity index (χ1) is 10.3. The minimum Gasteiger partial charge on any atom is -0.444 e. The molecule has 1 aromatic carbocycles. The Morgan fingerprint density at radius 2 is 1.95 bits per heavy atom. The molecule has 1 aromatic rings. The van der Waals surface area contributed by atoms with Gasteiger partial charge >= 0.3 is 6.09 Å². The van der Waals surface area contributed by atoms with Gasteiger partial charge in [0.2, 0.25) is 5.91 Å². The molecule has 1 aliphatic rings. The molecule has 1 saturated heterocycles. The van der Waals surface area contributed by atoms with Crippen molar-refractivity contribution in [1.82, 2.24) is 10.2 Å². The van der Waals surface area contributed by atoms with Gasteiger partial charge in [0.05, 0.1) is 12.0 Å². The highest BCUT2D eigenvalue weighted by Crippen LogP contribution is 2.21. The van der Waals surface area contributed by atoms with Crippen LogP contribution in [0.3, 0.4) is 0 Å². The van der Waals surface area contributed by atoms with Crippen LogP contribution in [0.25, 0.3) is 0 Å². The Labute approximate surface area is 131 Å². The van der Waals surface area contributed by atoms with E-state index in [0.29, 0.717) is 13.1 Å². The summed E-state index contributed by atoms with van der Waals surface area (Å²) in [5.74, 6) is -0.179. The van der Waals surface area contributed by atoms with Crippen LogP contribution < -0.4 is 5.32 Å². The first-order valence-electron chi connectivity index (χ1n) is 7.58. The molecule has 0 spiro atoms. The Morgan fingerprint density at radius 1 is 1.32 bits per heavy atom. The summed E-state index contributed by atoms with van der Waals surface area (Å²) in [6.07, 6.45) is -0.473. The molecule has 22 heavy (non-hydrogen) atoms. The Bertz CT molecular complexity index is 537. The lowest BCUT2D eigenvalue weighted by Gasteiger charge is -2.22. The summed E-state index contributed by atoms with van der Waals surface area (Å²) >= 11 is 0. The lowest BCUT2D eigenvalue weighted by Crippen LogP contribution is -2.42. The lowest BCUT2D eigenvalue weighted by molar-refractivity contribution is -0.131. The number of nitrogens with zero attached hydrogens (tertiary/aromatic N) is 1. The number of carbonyl (C=O) groups is 2. The quantitative estimate of drug-likeness (QED) is 0.933. The fourth-order valence-electron chi connectivity index (χ4n) is 2.52. The minimum absolute atomic E-state index is 0.0601. The molecule has 1 heterocycles. The van der Waals surface area contributed by atoms with Crippen LogP contribution in [0.15, 0.2) is 30.3 Å². The second-order valence-corrected chi connectivity index (χ2v) is 6.75. The van der Waals surface area contributed by atoms with Crippen molar-refractivity contribution in [3.05, 3.63) is 35.9 Å². The first kappa shape index (κ1) is 16.3. The van der Waals surface area contributed by atoms with Gasteiger partial charge in [-0.1, -0.05) is 37.3 Å². The Balaban J connectivity index is 1.95. The molecule has 2 amide bonds. The lowest BCUT2D eigenvalue weighted by atomic mass is 10.1. The molecule has 1 fully saturated rings. The SMILES string of the molecule is C[C@H]1C(=O)N(Cc2ccccc2)C[C@H]1NC(=O)OC(C)(C)C. The summed E-state index contributed by atoms with van der Waals surface area (Å²) in [6.45, 7) is 8.37. The normalized spacial score (nSPS) is 21.8. The zero-order valence-corrected chi connectivity index (χ0v) is 13.6. The number of alkyl carbamates (subject to hydrolysis) is 1. The molecule has 1 aliphatic heterocycles. The van der Waals surface area contributed by atoms with Gasteiger partial charge in [-0.15, -0.1) is 0 Å². The van der Waals surface area contributed by atoms with Crippen molar-refractivity contribution in [3.63, 3.8) is 0 Å². The minimum atomic E-state index is -0.542. The molecule has 0 saturated carbocycles. The molecule has 5 heteroatoms. The van der Waals surface area contributed by atoms with Gasteiger partial charge in [-0.2, -0.15) is 0 Å². The molecule has 0 radical (unpaired) electrons. The van der Waals surface area contributed by atoms with Crippen molar-refractivity contribution < 1.29 is 14.3 Å². The van der Waals surface area contributed by atoms with E-state index in [1.54, 1.807) is 4.90 Å². The van der Waals surface area contributed by atoms with E-state index in [0.717, 1.165) is 5.56 Å². The molecular formula is C17H24N2O3. The topological polar surface area (TPSA) is 58.6 Å². The van der Waals surface area contributed by atoms with Crippen LogP contribution in [0.5, 0.6) is 0 Å². The predicted molar refractivity (Wildman–Crippen MR) is 84.2 cm³/mol. The van der Waals surface area contributed by atoms with Crippen LogP contribution in [0.1, 0.15) is 33.3 Å². The van der Waals surface area contributed by atoms with Gasteiger partial charge in [0.15, 0.2) is 0 Å². The highest BCUT2D eigenvalue weighted by atomic mass is 16.6. The molecule has 2 rings (SSSR count). The van der Waals surface area contributed by atoms with E-state index in [9.17, 15) is 9.59 Å². The molecule has 0 aliphatic carbocycles. The molecule has 120 valence electrons. The monoisotopic (exact) mass is 304 g/mol. The molecular weight excluding hydrogens is 280 g/mol. The maximum Gasteiger partial charge on any atom is 0.407 e. The van der Waals surface area contributed by atoms with Gasteiger partial charge in [-0.3, -0.25) is 4.79 Å². The van der Waals surface area contributed by atoms with E-state index in [-0.39, 0.29) is 17.9 Å². The third kappa shape index (κ3) is 4.23. The molecule has 5 nitrogen and oxygen atoms in total. The highest BCUT2D eigenvalue weighted by Gasteiger charge is 2.38. The maximum atomic E-state index is 12.3. The second-order valence-electron chi connectivity index (χ2n) is 6.75. The van der Waals surface area contributed by atoms with Crippen molar-refractivity contribution in [2.75, 3.05) is 6.54 Å². The van der Waals surface area contributed by atoms with Crippen LogP contribution in [0.2, 0.25) is 0 Å². The van der Waals surface area contributed by atoms with Crippen molar-refractivity contribution >= 4 is 12.0 Å². The number of amides is 2. The average molecular weight is 304 g/mol. The third-order valence-corrected chi connectivity index (χ3v) is 3.64. The molecule has 2 atom stereocenters. The Morgan fingerprint density at radius 3 is 2.55 bits per heavy atom. The summed E-state index contributed by atoms with van der Waals surface area (Å²) in [6, 6.07) is 9.63. The molecule has 1 N–H and O–H groups in total. The maximum absolute atomic E-state index is 12.3. The van der Waals surface area contributed by atoms with E-state index in [2.05, 4.69) is 5.32 Å². The summed E-state index contributed by atoms with van der Waals surface area (Å²) in [7, 11) is 0. The number of likely N-dealkylation sites (tertiary alicyclic amines) is 1. The molecule has 0 bridgehead atoms. The van der Waals surface area contributed by atoms with Crippen LogP contribution in [0, 0.1) is 5.92 Å². The van der Waals surface area contributed by atoms with Crippen LogP contribution in [-0.2, 0) is 16.1 Å². The summed E-state index contributed by atoms with van der Waals surface area (Å²) in [5, 5.41) is 2.81. The molecule has 0 aromatic heterocycles. The number of benzene rings is 1. The van der Waals surface area contributed by atoms with Crippen molar-refractivity contribution in [2.45, 2.75) is 45.9 Å². The van der Waals surface area contributed by atoms with Gasteiger partial charge in [-0.05, 0) is 26.3 Å². The number of ether oxygens (including phenoxy) is 1. The Kier molecular flexibility index (Phi) is 4.74. The fraction of sp³-hybridized carbons (Fsp3) is 0.529. The van der Waals surface area contributed by atoms with Gasteiger partial charge in [-0.25, -0.2) is 4.79 Å². The van der Waals surface area contributed by atoms with E-state index in [1.165, 1.54) is 0 Å². The number of rotatable bonds is 3. The smallest absolute Gasteiger partial charge is 0.407 e. The van der Waals surface area contributed by atoms with Gasteiger partial charge < -0.3 is 15.0 Å². The predicted octanol–water partition coefficient (Wildman–Crippen LogP) is 2.56. The van der Waals surface area contributed by atoms with Gasteiger partial charge in [0.1, 0.15) is 5.60 Å².